The van der Waals surface area contributed by atoms with E-state index in [1.807, 2.05) is 54.6 Å². The number of aliphatic hydroxyl groups excluding tert-OH is 1. The van der Waals surface area contributed by atoms with Gasteiger partial charge in [-0.1, -0.05) is 48.9 Å². The zero-order chi connectivity index (χ0) is 16.1. The summed E-state index contributed by atoms with van der Waals surface area (Å²) in [5.41, 5.74) is 1.90. The molecule has 0 aromatic heterocycles. The maximum atomic E-state index is 12.0. The third-order valence-electron chi connectivity index (χ3n) is 4.45. The fraction of sp³-hybridized carbons (Fsp3) is 0.350. The molecule has 1 N–H and O–H groups in total. The Kier molecular flexibility index (Phi) is 5.09. The van der Waals surface area contributed by atoms with Crippen molar-refractivity contribution in [3.05, 3.63) is 65.7 Å². The van der Waals surface area contributed by atoms with Gasteiger partial charge in [0, 0.05) is 12.3 Å². The topological polar surface area (TPSA) is 46.5 Å². The fourth-order valence-electron chi connectivity index (χ4n) is 3.08. The summed E-state index contributed by atoms with van der Waals surface area (Å²) in [4.78, 5) is 12.0. The summed E-state index contributed by atoms with van der Waals surface area (Å²) >= 11 is 0. The van der Waals surface area contributed by atoms with Crippen LogP contribution in [-0.2, 0) is 11.4 Å². The molecule has 0 unspecified atom stereocenters. The van der Waals surface area contributed by atoms with Gasteiger partial charge in [0.05, 0.1) is 6.10 Å². The molecular formula is C20H22O3. The summed E-state index contributed by atoms with van der Waals surface area (Å²) in [6, 6.07) is 17.4. The summed E-state index contributed by atoms with van der Waals surface area (Å²) in [6.45, 7) is 0.518. The second-order valence-electron chi connectivity index (χ2n) is 6.11. The van der Waals surface area contributed by atoms with Crippen molar-refractivity contribution in [3.8, 4) is 5.75 Å². The number of ketones is 1. The lowest BCUT2D eigenvalue weighted by Crippen LogP contribution is -2.25. The van der Waals surface area contributed by atoms with Crippen molar-refractivity contribution in [2.24, 2.45) is 5.92 Å². The third kappa shape index (κ3) is 3.99. The Hall–Kier alpha value is -2.13. The summed E-state index contributed by atoms with van der Waals surface area (Å²) in [5.74, 6) is 0.702. The van der Waals surface area contributed by atoms with Crippen molar-refractivity contribution in [2.45, 2.75) is 38.4 Å². The molecule has 2 atom stereocenters. The van der Waals surface area contributed by atoms with E-state index < -0.39 is 6.10 Å². The average molecular weight is 310 g/mol. The minimum Gasteiger partial charge on any atom is -0.489 e. The van der Waals surface area contributed by atoms with Gasteiger partial charge in [-0.2, -0.15) is 0 Å². The van der Waals surface area contributed by atoms with E-state index in [2.05, 4.69) is 0 Å². The lowest BCUT2D eigenvalue weighted by Gasteiger charge is -2.25. The summed E-state index contributed by atoms with van der Waals surface area (Å²) in [7, 11) is 0. The Morgan fingerprint density at radius 1 is 1.04 bits per heavy atom. The molecule has 0 amide bonds. The predicted molar refractivity (Wildman–Crippen MR) is 89.1 cm³/mol. The molecule has 0 spiro atoms. The summed E-state index contributed by atoms with van der Waals surface area (Å²) in [5, 5.41) is 10.5. The van der Waals surface area contributed by atoms with E-state index >= 15 is 0 Å². The molecule has 120 valence electrons. The first-order chi connectivity index (χ1) is 11.2. The molecule has 0 bridgehead atoms. The monoisotopic (exact) mass is 310 g/mol. The maximum Gasteiger partial charge on any atom is 0.138 e. The van der Waals surface area contributed by atoms with Crippen molar-refractivity contribution in [2.75, 3.05) is 0 Å². The molecule has 1 aliphatic rings. The Balaban J connectivity index is 1.61. The lowest BCUT2D eigenvalue weighted by atomic mass is 9.82. The van der Waals surface area contributed by atoms with Gasteiger partial charge in [-0.05, 0) is 36.1 Å². The second-order valence-corrected chi connectivity index (χ2v) is 6.11. The average Bonchev–Trinajstić information content (AvgIpc) is 2.61. The highest BCUT2D eigenvalue weighted by molar-refractivity contribution is 5.82. The van der Waals surface area contributed by atoms with Crippen LogP contribution in [0.4, 0.5) is 0 Å². The van der Waals surface area contributed by atoms with Crippen LogP contribution in [0, 0.1) is 5.92 Å². The number of hydrogen-bond donors (Lipinski definition) is 1. The van der Waals surface area contributed by atoms with Crippen molar-refractivity contribution < 1.29 is 14.6 Å². The Bertz CT molecular complexity index is 634. The highest BCUT2D eigenvalue weighted by atomic mass is 16.5. The quantitative estimate of drug-likeness (QED) is 0.906. The number of aliphatic hydroxyl groups is 1. The normalized spacial score (nSPS) is 19.3. The molecule has 23 heavy (non-hydrogen) atoms. The molecule has 2 aromatic carbocycles. The van der Waals surface area contributed by atoms with Crippen molar-refractivity contribution in [1.29, 1.82) is 0 Å². The largest absolute Gasteiger partial charge is 0.489 e. The van der Waals surface area contributed by atoms with E-state index in [9.17, 15) is 9.90 Å². The van der Waals surface area contributed by atoms with Crippen LogP contribution in [-0.4, -0.2) is 10.9 Å². The van der Waals surface area contributed by atoms with Crippen LogP contribution in [0.3, 0.4) is 0 Å². The smallest absolute Gasteiger partial charge is 0.138 e. The standard InChI is InChI=1S/C20H22O3/c21-19-9-5-4-8-18(19)20(22)16-10-12-17(13-11-16)23-14-15-6-2-1-3-7-15/h1-3,6-7,10-13,18,20,22H,4-5,8-9,14H2/t18-,20+/m1/s1. The Labute approximate surface area is 136 Å². The van der Waals surface area contributed by atoms with Crippen LogP contribution in [0.25, 0.3) is 0 Å². The van der Waals surface area contributed by atoms with Crippen LogP contribution >= 0.6 is 0 Å². The van der Waals surface area contributed by atoms with E-state index in [1.54, 1.807) is 0 Å². The number of carbonyl (C=O) groups is 1. The van der Waals surface area contributed by atoms with Crippen molar-refractivity contribution in [1.82, 2.24) is 0 Å². The van der Waals surface area contributed by atoms with Crippen LogP contribution < -0.4 is 4.74 Å². The molecular weight excluding hydrogens is 288 g/mol. The molecule has 3 nitrogen and oxygen atoms in total. The zero-order valence-electron chi connectivity index (χ0n) is 13.2. The first-order valence-electron chi connectivity index (χ1n) is 8.21. The number of carbonyl (C=O) groups excluding carboxylic acids is 1. The first kappa shape index (κ1) is 15.8. The van der Waals surface area contributed by atoms with Gasteiger partial charge in [0.1, 0.15) is 18.1 Å². The van der Waals surface area contributed by atoms with Gasteiger partial charge in [-0.25, -0.2) is 0 Å². The molecule has 0 aliphatic heterocycles. The molecule has 1 aliphatic carbocycles. The number of hydrogen-bond acceptors (Lipinski definition) is 3. The SMILES string of the molecule is O=C1CCCC[C@H]1[C@@H](O)c1ccc(OCc2ccccc2)cc1. The van der Waals surface area contributed by atoms with E-state index in [4.69, 9.17) is 4.74 Å². The number of Topliss-reactive ketones (excluding diaryl/α,β-unsaturated/α-hetero) is 1. The molecule has 0 heterocycles. The molecule has 1 saturated carbocycles. The lowest BCUT2D eigenvalue weighted by molar-refractivity contribution is -0.128. The second kappa shape index (κ2) is 7.42. The van der Waals surface area contributed by atoms with Gasteiger partial charge in [-0.3, -0.25) is 4.79 Å². The van der Waals surface area contributed by atoms with E-state index in [-0.39, 0.29) is 11.7 Å². The van der Waals surface area contributed by atoms with Gasteiger partial charge in [0.15, 0.2) is 0 Å². The number of ether oxygens (including phenoxy) is 1. The Morgan fingerprint density at radius 3 is 2.48 bits per heavy atom. The minimum absolute atomic E-state index is 0.188. The molecule has 1 fully saturated rings. The van der Waals surface area contributed by atoms with Gasteiger partial charge in [0.2, 0.25) is 0 Å². The number of benzene rings is 2. The van der Waals surface area contributed by atoms with Crippen LogP contribution in [0.1, 0.15) is 42.9 Å². The van der Waals surface area contributed by atoms with Crippen molar-refractivity contribution in [3.63, 3.8) is 0 Å². The summed E-state index contributed by atoms with van der Waals surface area (Å²) < 4.78 is 5.74. The van der Waals surface area contributed by atoms with E-state index in [0.717, 1.165) is 36.1 Å². The van der Waals surface area contributed by atoms with E-state index in [1.165, 1.54) is 0 Å². The number of rotatable bonds is 5. The van der Waals surface area contributed by atoms with Crippen LogP contribution in [0.2, 0.25) is 0 Å². The summed E-state index contributed by atoms with van der Waals surface area (Å²) in [6.07, 6.45) is 2.65. The maximum absolute atomic E-state index is 12.0. The highest BCUT2D eigenvalue weighted by Gasteiger charge is 2.29. The molecule has 0 saturated heterocycles. The molecule has 3 heteroatoms. The van der Waals surface area contributed by atoms with Gasteiger partial charge in [-0.15, -0.1) is 0 Å². The van der Waals surface area contributed by atoms with E-state index in [0.29, 0.717) is 13.0 Å². The van der Waals surface area contributed by atoms with Gasteiger partial charge < -0.3 is 9.84 Å². The van der Waals surface area contributed by atoms with Gasteiger partial charge in [0.25, 0.3) is 0 Å². The van der Waals surface area contributed by atoms with Gasteiger partial charge >= 0.3 is 0 Å². The van der Waals surface area contributed by atoms with Crippen molar-refractivity contribution >= 4 is 5.78 Å². The van der Waals surface area contributed by atoms with Crippen LogP contribution in [0.5, 0.6) is 5.75 Å². The third-order valence-corrected chi connectivity index (χ3v) is 4.45. The first-order valence-corrected chi connectivity index (χ1v) is 8.21. The Morgan fingerprint density at radius 2 is 1.78 bits per heavy atom. The molecule has 3 rings (SSSR count). The van der Waals surface area contributed by atoms with Crippen LogP contribution in [0.15, 0.2) is 54.6 Å². The molecule has 0 radical (unpaired) electrons. The molecule has 2 aromatic rings. The predicted octanol–water partition coefficient (Wildman–Crippen LogP) is 4.06. The minimum atomic E-state index is -0.703. The zero-order valence-corrected chi connectivity index (χ0v) is 13.2. The fourth-order valence-corrected chi connectivity index (χ4v) is 3.08. The highest BCUT2D eigenvalue weighted by Crippen LogP contribution is 2.32.